The molecule has 0 spiro atoms. The summed E-state index contributed by atoms with van der Waals surface area (Å²) in [6.07, 6.45) is 0. The molecule has 1 aromatic heterocycles. The third-order valence-corrected chi connectivity index (χ3v) is 2.25. The van der Waals surface area contributed by atoms with E-state index in [1.165, 1.54) is 0 Å². The number of aromatic nitrogens is 1. The molecular formula is C10H6N2S. The number of fused-ring (bicyclic) bond motifs is 1. The van der Waals surface area contributed by atoms with Crippen LogP contribution >= 0.6 is 11.8 Å². The maximum atomic E-state index is 8.46. The number of benzene rings is 1. The van der Waals surface area contributed by atoms with E-state index in [0.717, 1.165) is 27.7 Å². The van der Waals surface area contributed by atoms with Crippen molar-refractivity contribution < 1.29 is 0 Å². The predicted molar refractivity (Wildman–Crippen MR) is 53.2 cm³/mol. The highest BCUT2D eigenvalue weighted by atomic mass is 32.2. The quantitative estimate of drug-likeness (QED) is 0.507. The average molecular weight is 186 g/mol. The Hall–Kier alpha value is -1.53. The minimum atomic E-state index is 0.751. The summed E-state index contributed by atoms with van der Waals surface area (Å²) in [4.78, 5) is 4.31. The summed E-state index contributed by atoms with van der Waals surface area (Å²) in [5.41, 5.74) is 0.933. The van der Waals surface area contributed by atoms with Crippen molar-refractivity contribution in [1.29, 1.82) is 5.26 Å². The van der Waals surface area contributed by atoms with Crippen LogP contribution in [0.15, 0.2) is 41.4 Å². The molecule has 0 saturated heterocycles. The van der Waals surface area contributed by atoms with Crippen molar-refractivity contribution in [3.05, 3.63) is 36.4 Å². The Morgan fingerprint density at radius 3 is 2.85 bits per heavy atom. The molecule has 0 N–H and O–H groups in total. The summed E-state index contributed by atoms with van der Waals surface area (Å²) < 4.78 is 0. The van der Waals surface area contributed by atoms with Gasteiger partial charge in [0.05, 0.1) is 5.52 Å². The van der Waals surface area contributed by atoms with Crippen molar-refractivity contribution >= 4 is 22.7 Å². The first-order valence-corrected chi connectivity index (χ1v) is 4.63. The van der Waals surface area contributed by atoms with Gasteiger partial charge in [0.25, 0.3) is 0 Å². The van der Waals surface area contributed by atoms with Crippen molar-refractivity contribution in [2.45, 2.75) is 5.03 Å². The number of hydrogen-bond acceptors (Lipinski definition) is 3. The molecule has 0 unspecified atom stereocenters. The van der Waals surface area contributed by atoms with Crippen LogP contribution in [0.1, 0.15) is 0 Å². The molecule has 3 heteroatoms. The average Bonchev–Trinajstić information content (AvgIpc) is 2.18. The lowest BCUT2D eigenvalue weighted by Gasteiger charge is -1.97. The Labute approximate surface area is 80.2 Å². The Balaban J connectivity index is 2.57. The summed E-state index contributed by atoms with van der Waals surface area (Å²) in [5, 5.41) is 12.3. The SMILES string of the molecule is N#CSc1ccc2ccccc2n1. The number of nitriles is 1. The minimum Gasteiger partial charge on any atom is -0.240 e. The molecule has 1 aromatic carbocycles. The third-order valence-electron chi connectivity index (χ3n) is 1.72. The molecule has 0 aliphatic rings. The summed E-state index contributed by atoms with van der Waals surface area (Å²) >= 11 is 1.08. The van der Waals surface area contributed by atoms with Gasteiger partial charge in [-0.1, -0.05) is 24.3 Å². The standard InChI is InChI=1S/C10H6N2S/c11-7-13-10-6-5-8-3-1-2-4-9(8)12-10/h1-6H. The van der Waals surface area contributed by atoms with Crippen molar-refractivity contribution in [1.82, 2.24) is 4.98 Å². The third kappa shape index (κ3) is 1.63. The number of nitrogens with zero attached hydrogens (tertiary/aromatic N) is 2. The first-order chi connectivity index (χ1) is 6.40. The molecule has 13 heavy (non-hydrogen) atoms. The number of pyridine rings is 1. The zero-order chi connectivity index (χ0) is 9.10. The lowest BCUT2D eigenvalue weighted by molar-refractivity contribution is 1.20. The fraction of sp³-hybridized carbons (Fsp3) is 0. The van der Waals surface area contributed by atoms with Gasteiger partial charge < -0.3 is 0 Å². The van der Waals surface area contributed by atoms with E-state index in [9.17, 15) is 0 Å². The number of thioether (sulfide) groups is 1. The highest BCUT2D eigenvalue weighted by molar-refractivity contribution is 8.03. The molecule has 0 saturated carbocycles. The van der Waals surface area contributed by atoms with Crippen LogP contribution in [-0.4, -0.2) is 4.98 Å². The molecule has 0 fully saturated rings. The van der Waals surface area contributed by atoms with Gasteiger partial charge in [-0.3, -0.25) is 0 Å². The van der Waals surface area contributed by atoms with E-state index in [4.69, 9.17) is 5.26 Å². The molecule has 0 atom stereocenters. The molecule has 2 rings (SSSR count). The van der Waals surface area contributed by atoms with Crippen LogP contribution in [0.5, 0.6) is 0 Å². The van der Waals surface area contributed by atoms with Crippen LogP contribution in [0.25, 0.3) is 10.9 Å². The van der Waals surface area contributed by atoms with E-state index in [0.29, 0.717) is 0 Å². The van der Waals surface area contributed by atoms with Gasteiger partial charge >= 0.3 is 0 Å². The Morgan fingerprint density at radius 1 is 1.15 bits per heavy atom. The van der Waals surface area contributed by atoms with Crippen LogP contribution < -0.4 is 0 Å². The number of thiocyanates is 1. The van der Waals surface area contributed by atoms with Crippen molar-refractivity contribution in [2.24, 2.45) is 0 Å². The molecule has 0 bridgehead atoms. The molecule has 62 valence electrons. The first-order valence-electron chi connectivity index (χ1n) is 3.82. The second kappa shape index (κ2) is 3.46. The van der Waals surface area contributed by atoms with E-state index >= 15 is 0 Å². The number of hydrogen-bond donors (Lipinski definition) is 0. The lowest BCUT2D eigenvalue weighted by Crippen LogP contribution is -1.80. The molecule has 2 nitrogen and oxygen atoms in total. The van der Waals surface area contributed by atoms with Crippen LogP contribution in [0.4, 0.5) is 0 Å². The predicted octanol–water partition coefficient (Wildman–Crippen LogP) is 2.81. The van der Waals surface area contributed by atoms with E-state index in [-0.39, 0.29) is 0 Å². The second-order valence-corrected chi connectivity index (χ2v) is 3.34. The topological polar surface area (TPSA) is 36.7 Å². The van der Waals surface area contributed by atoms with Crippen LogP contribution in [0.3, 0.4) is 0 Å². The van der Waals surface area contributed by atoms with E-state index in [1.54, 1.807) is 0 Å². The van der Waals surface area contributed by atoms with Gasteiger partial charge in [0.15, 0.2) is 0 Å². The van der Waals surface area contributed by atoms with Gasteiger partial charge in [0.1, 0.15) is 10.4 Å². The van der Waals surface area contributed by atoms with Gasteiger partial charge in [0, 0.05) is 17.1 Å². The fourth-order valence-electron chi connectivity index (χ4n) is 1.15. The Kier molecular flexibility index (Phi) is 2.15. The van der Waals surface area contributed by atoms with E-state index in [1.807, 2.05) is 41.8 Å². The normalized spacial score (nSPS) is 9.77. The summed E-state index contributed by atoms with van der Waals surface area (Å²) in [5.74, 6) is 0. The zero-order valence-corrected chi connectivity index (χ0v) is 7.58. The molecule has 1 heterocycles. The van der Waals surface area contributed by atoms with Gasteiger partial charge in [-0.05, 0) is 12.1 Å². The molecule has 0 radical (unpaired) electrons. The highest BCUT2D eigenvalue weighted by Crippen LogP contribution is 2.18. The molecular weight excluding hydrogens is 180 g/mol. The van der Waals surface area contributed by atoms with Crippen molar-refractivity contribution in [3.8, 4) is 5.40 Å². The molecule has 0 aliphatic carbocycles. The molecule has 0 aliphatic heterocycles. The smallest absolute Gasteiger partial charge is 0.140 e. The summed E-state index contributed by atoms with van der Waals surface area (Å²) in [7, 11) is 0. The van der Waals surface area contributed by atoms with E-state index in [2.05, 4.69) is 4.98 Å². The Bertz CT molecular complexity index is 474. The van der Waals surface area contributed by atoms with Crippen molar-refractivity contribution in [3.63, 3.8) is 0 Å². The van der Waals surface area contributed by atoms with E-state index < -0.39 is 0 Å². The first kappa shape index (κ1) is 8.09. The van der Waals surface area contributed by atoms with Crippen molar-refractivity contribution in [2.75, 3.05) is 0 Å². The number of rotatable bonds is 1. The minimum absolute atomic E-state index is 0.751. The maximum absolute atomic E-state index is 8.46. The monoisotopic (exact) mass is 186 g/mol. The fourth-order valence-corrected chi connectivity index (χ4v) is 1.52. The summed E-state index contributed by atoms with van der Waals surface area (Å²) in [6.45, 7) is 0. The maximum Gasteiger partial charge on any atom is 0.140 e. The summed E-state index contributed by atoms with van der Waals surface area (Å²) in [6, 6.07) is 11.7. The molecule has 2 aromatic rings. The van der Waals surface area contributed by atoms with Crippen LogP contribution in [0.2, 0.25) is 0 Å². The van der Waals surface area contributed by atoms with Gasteiger partial charge in [0.2, 0.25) is 0 Å². The lowest BCUT2D eigenvalue weighted by atomic mass is 10.2. The van der Waals surface area contributed by atoms with Gasteiger partial charge in [-0.2, -0.15) is 5.26 Å². The van der Waals surface area contributed by atoms with Gasteiger partial charge in [-0.25, -0.2) is 4.98 Å². The Morgan fingerprint density at radius 2 is 2.00 bits per heavy atom. The zero-order valence-electron chi connectivity index (χ0n) is 6.77. The highest BCUT2D eigenvalue weighted by Gasteiger charge is 1.96. The van der Waals surface area contributed by atoms with Gasteiger partial charge in [-0.15, -0.1) is 0 Å². The van der Waals surface area contributed by atoms with Crippen LogP contribution in [-0.2, 0) is 0 Å². The number of para-hydroxylation sites is 1. The second-order valence-electron chi connectivity index (χ2n) is 2.54. The largest absolute Gasteiger partial charge is 0.240 e. The molecule has 0 amide bonds. The van der Waals surface area contributed by atoms with Crippen LogP contribution in [0, 0.1) is 10.7 Å².